The Balaban J connectivity index is 1.43. The van der Waals surface area contributed by atoms with E-state index in [1.165, 1.54) is 5.69 Å². The number of carbonyl (C=O) groups excluding carboxylic acids is 1. The van der Waals surface area contributed by atoms with Gasteiger partial charge in [0, 0.05) is 17.9 Å². The maximum absolute atomic E-state index is 12.2. The van der Waals surface area contributed by atoms with E-state index in [4.69, 9.17) is 0 Å². The number of aromatic nitrogens is 2. The number of amides is 1. The number of piperidine rings is 1. The molecule has 25 heavy (non-hydrogen) atoms. The van der Waals surface area contributed by atoms with Crippen molar-refractivity contribution in [1.29, 1.82) is 0 Å². The summed E-state index contributed by atoms with van der Waals surface area (Å²) in [5, 5.41) is 16.7. The molecule has 1 fully saturated rings. The predicted octanol–water partition coefficient (Wildman–Crippen LogP) is 2.56. The summed E-state index contributed by atoms with van der Waals surface area (Å²) in [7, 11) is 0. The molecule has 1 aliphatic heterocycles. The molecule has 2 N–H and O–H groups in total. The van der Waals surface area contributed by atoms with E-state index in [9.17, 15) is 9.90 Å². The minimum atomic E-state index is -0.0114. The van der Waals surface area contributed by atoms with Crippen LogP contribution in [0, 0.1) is 19.8 Å². The lowest BCUT2D eigenvalue weighted by atomic mass is 9.97. The van der Waals surface area contributed by atoms with E-state index in [1.807, 2.05) is 6.92 Å². The molecule has 0 atom stereocenters. The average Bonchev–Trinajstić information content (AvgIpc) is 2.89. The van der Waals surface area contributed by atoms with Crippen LogP contribution in [0.3, 0.4) is 0 Å². The van der Waals surface area contributed by atoms with Crippen molar-refractivity contribution in [3.63, 3.8) is 0 Å². The van der Waals surface area contributed by atoms with Gasteiger partial charge in [-0.3, -0.25) is 14.4 Å². The maximum atomic E-state index is 12.2. The van der Waals surface area contributed by atoms with E-state index in [2.05, 4.69) is 33.0 Å². The van der Waals surface area contributed by atoms with Crippen LogP contribution in [0.2, 0.25) is 0 Å². The molecule has 3 rings (SSSR count). The van der Waals surface area contributed by atoms with E-state index in [0.717, 1.165) is 38.2 Å². The molecule has 0 radical (unpaired) electrons. The highest BCUT2D eigenvalue weighted by atomic mass is 16.3. The van der Waals surface area contributed by atoms with Crippen molar-refractivity contribution in [2.75, 3.05) is 25.0 Å². The van der Waals surface area contributed by atoms with Crippen molar-refractivity contribution >= 4 is 11.6 Å². The number of carbonyl (C=O) groups is 1. The van der Waals surface area contributed by atoms with E-state index >= 15 is 0 Å². The Morgan fingerprint density at radius 3 is 2.52 bits per heavy atom. The molecule has 1 aliphatic rings. The van der Waals surface area contributed by atoms with E-state index in [-0.39, 0.29) is 11.7 Å². The Morgan fingerprint density at radius 1 is 1.24 bits per heavy atom. The minimum absolute atomic E-state index is 0.0114. The van der Waals surface area contributed by atoms with Crippen LogP contribution in [0.4, 0.5) is 5.69 Å². The zero-order valence-corrected chi connectivity index (χ0v) is 14.9. The number of nitrogens with one attached hydrogen (secondary N) is 1. The molecule has 1 amide bonds. The number of likely N-dealkylation sites (tertiary alicyclic amines) is 1. The highest BCUT2D eigenvalue weighted by Gasteiger charge is 2.22. The summed E-state index contributed by atoms with van der Waals surface area (Å²) in [6.45, 7) is 7.38. The summed E-state index contributed by atoms with van der Waals surface area (Å²) in [5.74, 6) is 0.805. The third kappa shape index (κ3) is 4.82. The fraction of sp³-hybridized carbons (Fsp3) is 0.474. The molecule has 2 heterocycles. The Morgan fingerprint density at radius 2 is 1.92 bits per heavy atom. The van der Waals surface area contributed by atoms with Crippen LogP contribution in [-0.2, 0) is 11.3 Å². The Kier molecular flexibility index (Phi) is 5.38. The Labute approximate surface area is 148 Å². The standard InChI is InChI=1S/C19H26N4O2/c1-14-11-15(2)23(21-14)12-16-7-9-22(10-8-16)13-19(25)20-17-3-5-18(24)6-4-17/h3-6,11,16,24H,7-10,12-13H2,1-2H3,(H,20,25). The van der Waals surface area contributed by atoms with Gasteiger partial charge in [0.15, 0.2) is 0 Å². The molecule has 6 nitrogen and oxygen atoms in total. The lowest BCUT2D eigenvalue weighted by molar-refractivity contribution is -0.117. The summed E-state index contributed by atoms with van der Waals surface area (Å²) in [4.78, 5) is 14.4. The molecular weight excluding hydrogens is 316 g/mol. The molecule has 1 aromatic carbocycles. The first kappa shape index (κ1) is 17.5. The average molecular weight is 342 g/mol. The molecule has 134 valence electrons. The minimum Gasteiger partial charge on any atom is -0.508 e. The van der Waals surface area contributed by atoms with Crippen LogP contribution in [0.5, 0.6) is 5.75 Å². The summed E-state index contributed by atoms with van der Waals surface area (Å²) in [5.41, 5.74) is 3.00. The molecule has 0 unspecified atom stereocenters. The number of hydrogen-bond donors (Lipinski definition) is 2. The van der Waals surface area contributed by atoms with Gasteiger partial charge in [-0.1, -0.05) is 0 Å². The van der Waals surface area contributed by atoms with E-state index in [0.29, 0.717) is 18.2 Å². The van der Waals surface area contributed by atoms with Crippen LogP contribution in [0.25, 0.3) is 0 Å². The SMILES string of the molecule is Cc1cc(C)n(CC2CCN(CC(=O)Nc3ccc(O)cc3)CC2)n1. The first-order valence-corrected chi connectivity index (χ1v) is 8.82. The number of anilines is 1. The third-order valence-electron chi connectivity index (χ3n) is 4.76. The Hall–Kier alpha value is -2.34. The molecular formula is C19H26N4O2. The van der Waals surface area contributed by atoms with E-state index < -0.39 is 0 Å². The predicted molar refractivity (Wildman–Crippen MR) is 97.6 cm³/mol. The number of aromatic hydroxyl groups is 1. The fourth-order valence-electron chi connectivity index (χ4n) is 3.38. The second-order valence-corrected chi connectivity index (χ2v) is 6.92. The van der Waals surface area contributed by atoms with Gasteiger partial charge in [0.05, 0.1) is 12.2 Å². The topological polar surface area (TPSA) is 70.4 Å². The number of nitrogens with zero attached hydrogens (tertiary/aromatic N) is 3. The van der Waals surface area contributed by atoms with Crippen molar-refractivity contribution in [2.24, 2.45) is 5.92 Å². The van der Waals surface area contributed by atoms with Crippen molar-refractivity contribution in [2.45, 2.75) is 33.2 Å². The van der Waals surface area contributed by atoms with Gasteiger partial charge in [0.2, 0.25) is 5.91 Å². The van der Waals surface area contributed by atoms with Crippen molar-refractivity contribution in [1.82, 2.24) is 14.7 Å². The number of benzene rings is 1. The second kappa shape index (κ2) is 7.70. The monoisotopic (exact) mass is 342 g/mol. The van der Waals surface area contributed by atoms with E-state index in [1.54, 1.807) is 24.3 Å². The molecule has 6 heteroatoms. The van der Waals surface area contributed by atoms with Gasteiger partial charge in [-0.15, -0.1) is 0 Å². The summed E-state index contributed by atoms with van der Waals surface area (Å²) < 4.78 is 2.10. The quantitative estimate of drug-likeness (QED) is 0.819. The smallest absolute Gasteiger partial charge is 0.238 e. The molecule has 0 aliphatic carbocycles. The van der Waals surface area contributed by atoms with Gasteiger partial charge in [0.25, 0.3) is 0 Å². The summed E-state index contributed by atoms with van der Waals surface area (Å²) >= 11 is 0. The zero-order chi connectivity index (χ0) is 17.8. The first-order chi connectivity index (χ1) is 12.0. The van der Waals surface area contributed by atoms with Gasteiger partial charge < -0.3 is 10.4 Å². The largest absolute Gasteiger partial charge is 0.508 e. The lowest BCUT2D eigenvalue weighted by Gasteiger charge is -2.31. The van der Waals surface area contributed by atoms with Crippen LogP contribution >= 0.6 is 0 Å². The van der Waals surface area contributed by atoms with Crippen molar-refractivity contribution in [3.05, 3.63) is 41.7 Å². The van der Waals surface area contributed by atoms with Gasteiger partial charge >= 0.3 is 0 Å². The number of rotatable bonds is 5. The van der Waals surface area contributed by atoms with Gasteiger partial charge in [-0.25, -0.2) is 0 Å². The van der Waals surface area contributed by atoms with Gasteiger partial charge in [-0.05, 0) is 76.0 Å². The highest BCUT2D eigenvalue weighted by molar-refractivity contribution is 5.92. The van der Waals surface area contributed by atoms with Crippen molar-refractivity contribution < 1.29 is 9.90 Å². The highest BCUT2D eigenvalue weighted by Crippen LogP contribution is 2.20. The number of hydrogen-bond acceptors (Lipinski definition) is 4. The molecule has 1 saturated heterocycles. The van der Waals surface area contributed by atoms with Crippen molar-refractivity contribution in [3.8, 4) is 5.75 Å². The van der Waals surface area contributed by atoms with Gasteiger partial charge in [-0.2, -0.15) is 5.10 Å². The zero-order valence-electron chi connectivity index (χ0n) is 14.9. The Bertz CT molecular complexity index is 716. The van der Waals surface area contributed by atoms with Crippen LogP contribution < -0.4 is 5.32 Å². The van der Waals surface area contributed by atoms with Crippen LogP contribution in [0.1, 0.15) is 24.2 Å². The lowest BCUT2D eigenvalue weighted by Crippen LogP contribution is -2.40. The number of aryl methyl sites for hydroxylation is 2. The number of phenolic OH excluding ortho intramolecular Hbond substituents is 1. The molecule has 2 aromatic rings. The summed E-state index contributed by atoms with van der Waals surface area (Å²) in [6, 6.07) is 8.66. The first-order valence-electron chi connectivity index (χ1n) is 8.82. The normalized spacial score (nSPS) is 16.1. The molecule has 0 saturated carbocycles. The molecule has 0 spiro atoms. The third-order valence-corrected chi connectivity index (χ3v) is 4.76. The van der Waals surface area contributed by atoms with Crippen LogP contribution in [0.15, 0.2) is 30.3 Å². The van der Waals surface area contributed by atoms with Crippen LogP contribution in [-0.4, -0.2) is 45.3 Å². The fourth-order valence-corrected chi connectivity index (χ4v) is 3.38. The maximum Gasteiger partial charge on any atom is 0.238 e. The summed E-state index contributed by atoms with van der Waals surface area (Å²) in [6.07, 6.45) is 2.18. The number of phenols is 1. The van der Waals surface area contributed by atoms with Gasteiger partial charge in [0.1, 0.15) is 5.75 Å². The molecule has 0 bridgehead atoms. The second-order valence-electron chi connectivity index (χ2n) is 6.92. The molecule has 1 aromatic heterocycles.